The molecule has 2 aliphatic carbocycles. The lowest BCUT2D eigenvalue weighted by Gasteiger charge is -2.13. The van der Waals surface area contributed by atoms with Crippen molar-refractivity contribution in [3.8, 4) is 0 Å². The first-order valence-corrected chi connectivity index (χ1v) is 16.5. The Morgan fingerprint density at radius 1 is 0.512 bits per heavy atom. The summed E-state index contributed by atoms with van der Waals surface area (Å²) in [5.74, 6) is 0.150. The van der Waals surface area contributed by atoms with Crippen LogP contribution in [0.4, 0.5) is 10.0 Å². The third-order valence-corrected chi connectivity index (χ3v) is 10.9. The van der Waals surface area contributed by atoms with Gasteiger partial charge in [-0.1, -0.05) is 84.9 Å². The van der Waals surface area contributed by atoms with E-state index >= 15 is 0 Å². The van der Waals surface area contributed by atoms with E-state index in [2.05, 4.69) is 0 Å². The minimum Gasteiger partial charge on any atom is -0.390 e. The third kappa shape index (κ3) is 4.94. The molecule has 6 heteroatoms. The maximum Gasteiger partial charge on any atom is 0.196 e. The highest BCUT2D eigenvalue weighted by Gasteiger charge is 2.27. The minimum absolute atomic E-state index is 0.0729. The molecule has 8 rings (SSSR count). The molecule has 0 unspecified atom stereocenters. The van der Waals surface area contributed by atoms with Crippen molar-refractivity contribution in [3.63, 3.8) is 0 Å². The van der Waals surface area contributed by atoms with Crippen LogP contribution in [-0.2, 0) is 25.7 Å². The fourth-order valence-corrected chi connectivity index (χ4v) is 8.94. The maximum absolute atomic E-state index is 13.1. The first kappa shape index (κ1) is 27.6. The van der Waals surface area contributed by atoms with Gasteiger partial charge in [0.15, 0.2) is 11.6 Å². The number of hydrogen-bond donors (Lipinski definition) is 2. The molecule has 6 aromatic rings. The molecule has 4 aromatic carbocycles. The van der Waals surface area contributed by atoms with Crippen LogP contribution in [0.2, 0.25) is 0 Å². The summed E-state index contributed by atoms with van der Waals surface area (Å²) in [4.78, 5) is 28.8. The molecule has 4 nitrogen and oxygen atoms in total. The van der Waals surface area contributed by atoms with Gasteiger partial charge in [0.05, 0.1) is 21.1 Å². The monoisotopic (exact) mass is 600 g/mol. The number of benzene rings is 4. The molecule has 0 atom stereocenters. The quantitative estimate of drug-likeness (QED) is 0.198. The van der Waals surface area contributed by atoms with Crippen molar-refractivity contribution in [2.45, 2.75) is 44.9 Å². The zero-order valence-electron chi connectivity index (χ0n) is 23.8. The number of carbonyl (C=O) groups excluding carboxylic acids is 2. The predicted octanol–water partition coefficient (Wildman–Crippen LogP) is 8.80. The lowest BCUT2D eigenvalue weighted by atomic mass is 9.90. The van der Waals surface area contributed by atoms with Crippen LogP contribution in [-0.4, -0.2) is 11.6 Å². The van der Waals surface area contributed by atoms with E-state index in [0.717, 1.165) is 82.3 Å². The highest BCUT2D eigenvalue weighted by Crippen LogP contribution is 2.40. The Labute approximate surface area is 259 Å². The van der Waals surface area contributed by atoms with E-state index in [4.69, 9.17) is 11.5 Å². The molecule has 43 heavy (non-hydrogen) atoms. The molecule has 0 saturated carbocycles. The van der Waals surface area contributed by atoms with Gasteiger partial charge < -0.3 is 11.5 Å². The number of anilines is 2. The number of carbonyl (C=O) groups is 2. The van der Waals surface area contributed by atoms with Crippen LogP contribution in [0.1, 0.15) is 72.0 Å². The van der Waals surface area contributed by atoms with E-state index in [0.29, 0.717) is 10.0 Å². The van der Waals surface area contributed by atoms with E-state index in [1.807, 2.05) is 84.9 Å². The molecule has 0 fully saturated rings. The lowest BCUT2D eigenvalue weighted by Crippen LogP contribution is -2.09. The first-order chi connectivity index (χ1) is 21.0. The molecule has 2 aromatic heterocycles. The summed E-state index contributed by atoms with van der Waals surface area (Å²) >= 11 is 3.19. The van der Waals surface area contributed by atoms with Gasteiger partial charge in [-0.25, -0.2) is 0 Å². The Kier molecular flexibility index (Phi) is 7.33. The van der Waals surface area contributed by atoms with Gasteiger partial charge in [0, 0.05) is 20.9 Å². The number of ketones is 2. The van der Waals surface area contributed by atoms with Gasteiger partial charge in [0.25, 0.3) is 0 Å². The second kappa shape index (κ2) is 11.4. The molecular weight excluding hydrogens is 569 g/mol. The van der Waals surface area contributed by atoms with Gasteiger partial charge in [-0.05, 0) is 77.6 Å². The molecule has 0 amide bonds. The van der Waals surface area contributed by atoms with E-state index in [9.17, 15) is 9.59 Å². The smallest absolute Gasteiger partial charge is 0.196 e. The zero-order valence-corrected chi connectivity index (χ0v) is 25.5. The number of rotatable bonds is 4. The van der Waals surface area contributed by atoms with Crippen LogP contribution in [0.15, 0.2) is 84.9 Å². The Hall–Kier alpha value is -4.26. The minimum atomic E-state index is 0.0729. The first-order valence-electron chi connectivity index (χ1n) is 14.9. The Morgan fingerprint density at radius 3 is 1.47 bits per heavy atom. The molecule has 4 N–H and O–H groups in total. The topological polar surface area (TPSA) is 86.2 Å². The molecular formula is C37H32N2O2S2. The predicted molar refractivity (Wildman–Crippen MR) is 181 cm³/mol. The van der Waals surface area contributed by atoms with Gasteiger partial charge in [-0.15, -0.1) is 22.7 Å². The number of fused-ring (bicyclic) bond motifs is 4. The van der Waals surface area contributed by atoms with Crippen molar-refractivity contribution in [3.05, 3.63) is 128 Å². The molecule has 0 bridgehead atoms. The third-order valence-electron chi connectivity index (χ3n) is 8.67. The maximum atomic E-state index is 13.1. The summed E-state index contributed by atoms with van der Waals surface area (Å²) in [6.07, 6.45) is 7.58. The average molecular weight is 601 g/mol. The van der Waals surface area contributed by atoms with E-state index in [1.54, 1.807) is 22.7 Å². The van der Waals surface area contributed by atoms with E-state index < -0.39 is 0 Å². The number of nitrogens with two attached hydrogens (primary N) is 2. The van der Waals surface area contributed by atoms with Crippen LogP contribution in [0, 0.1) is 0 Å². The van der Waals surface area contributed by atoms with Crippen LogP contribution >= 0.6 is 22.7 Å². The van der Waals surface area contributed by atoms with E-state index in [1.165, 1.54) is 27.3 Å². The number of hydrogen-bond acceptors (Lipinski definition) is 6. The van der Waals surface area contributed by atoms with Gasteiger partial charge >= 0.3 is 0 Å². The summed E-state index contributed by atoms with van der Waals surface area (Å²) in [6, 6.07) is 27.8. The summed E-state index contributed by atoms with van der Waals surface area (Å²) in [6.45, 7) is 0. The molecule has 0 spiro atoms. The van der Waals surface area contributed by atoms with Crippen molar-refractivity contribution >= 4 is 65.8 Å². The fraction of sp³-hybridized carbons (Fsp3) is 0.189. The summed E-state index contributed by atoms with van der Waals surface area (Å²) in [5, 5.41) is 5.56. The SMILES string of the molecule is Nc1sc2c(c1C(=O)c1cccc3ccccc13)CCC2.Nc1sc2c(c1C(=O)c1cccc3ccccc13)CCCC2. The Morgan fingerprint density at radius 2 is 0.930 bits per heavy atom. The average Bonchev–Trinajstić information content (AvgIpc) is 3.72. The second-order valence-corrected chi connectivity index (χ2v) is 13.5. The molecule has 0 saturated heterocycles. The normalized spacial score (nSPS) is 13.8. The summed E-state index contributed by atoms with van der Waals surface area (Å²) in [7, 11) is 0. The number of aryl methyl sites for hydroxylation is 2. The molecule has 2 heterocycles. The van der Waals surface area contributed by atoms with Crippen molar-refractivity contribution in [2.24, 2.45) is 0 Å². The van der Waals surface area contributed by atoms with E-state index in [-0.39, 0.29) is 11.6 Å². The van der Waals surface area contributed by atoms with Gasteiger partial charge in [0.2, 0.25) is 0 Å². The van der Waals surface area contributed by atoms with Crippen molar-refractivity contribution in [2.75, 3.05) is 11.5 Å². The summed E-state index contributed by atoms with van der Waals surface area (Å²) in [5.41, 5.74) is 17.8. The molecule has 214 valence electrons. The highest BCUT2D eigenvalue weighted by molar-refractivity contribution is 7.17. The molecule has 0 aliphatic heterocycles. The van der Waals surface area contributed by atoms with Gasteiger partial charge in [0.1, 0.15) is 0 Å². The number of nitrogen functional groups attached to an aromatic ring is 2. The van der Waals surface area contributed by atoms with Crippen LogP contribution < -0.4 is 11.5 Å². The highest BCUT2D eigenvalue weighted by atomic mass is 32.1. The molecule has 2 aliphatic rings. The van der Waals surface area contributed by atoms with Crippen molar-refractivity contribution in [1.29, 1.82) is 0 Å². The van der Waals surface area contributed by atoms with Crippen LogP contribution in [0.5, 0.6) is 0 Å². The van der Waals surface area contributed by atoms with Crippen LogP contribution in [0.3, 0.4) is 0 Å². The largest absolute Gasteiger partial charge is 0.390 e. The second-order valence-electron chi connectivity index (χ2n) is 11.3. The van der Waals surface area contributed by atoms with Crippen molar-refractivity contribution in [1.82, 2.24) is 0 Å². The van der Waals surface area contributed by atoms with Gasteiger partial charge in [-0.3, -0.25) is 9.59 Å². The number of thiophene rings is 2. The summed E-state index contributed by atoms with van der Waals surface area (Å²) < 4.78 is 0. The Bertz CT molecular complexity index is 2020. The van der Waals surface area contributed by atoms with Crippen LogP contribution in [0.25, 0.3) is 21.5 Å². The molecule has 0 radical (unpaired) electrons. The van der Waals surface area contributed by atoms with Gasteiger partial charge in [-0.2, -0.15) is 0 Å². The zero-order chi connectivity index (χ0) is 29.5. The van der Waals surface area contributed by atoms with Crippen molar-refractivity contribution < 1.29 is 9.59 Å². The Balaban J connectivity index is 0.000000140. The lowest BCUT2D eigenvalue weighted by molar-refractivity contribution is 0.103. The fourth-order valence-electron chi connectivity index (χ4n) is 6.63. The standard InChI is InChI=1S/C19H17NOS.C18H15NOS/c20-19-17(15-9-3-4-11-16(15)22-19)18(21)14-10-5-7-12-6-1-2-8-13(12)14;19-18-16(14-9-4-10-15(14)21-18)17(20)13-8-3-6-11-5-1-2-7-12(11)13/h1-2,5-8,10H,3-4,9,11,20H2;1-3,5-8H,4,9-10,19H2.